The molecule has 1 aliphatic heterocycles. The molecule has 2 amide bonds. The number of fused-ring (bicyclic) bond motifs is 1. The van der Waals surface area contributed by atoms with Crippen LogP contribution in [-0.4, -0.2) is 33.1 Å². The molecule has 1 heterocycles. The number of aryl methyl sites for hydroxylation is 1. The van der Waals surface area contributed by atoms with Gasteiger partial charge in [0.15, 0.2) is 0 Å². The van der Waals surface area contributed by atoms with Gasteiger partial charge in [-0.15, -0.1) is 0 Å². The lowest BCUT2D eigenvalue weighted by Gasteiger charge is -2.19. The second kappa shape index (κ2) is 10.5. The second-order valence-corrected chi connectivity index (χ2v) is 12.0. The molecule has 3 aromatic rings. The minimum Gasteiger partial charge on any atom is -0.497 e. The summed E-state index contributed by atoms with van der Waals surface area (Å²) in [5.41, 5.74) is 2.97. The fourth-order valence-electron chi connectivity index (χ4n) is 3.83. The van der Waals surface area contributed by atoms with Gasteiger partial charge in [0.1, 0.15) is 5.75 Å². The Labute approximate surface area is 209 Å². The van der Waals surface area contributed by atoms with Gasteiger partial charge in [0.2, 0.25) is 0 Å². The summed E-state index contributed by atoms with van der Waals surface area (Å²) in [6, 6.07) is 20.0. The lowest BCUT2D eigenvalue weighted by molar-refractivity contribution is 0.246. The van der Waals surface area contributed by atoms with E-state index in [2.05, 4.69) is 47.3 Å². The second-order valence-electron chi connectivity index (χ2n) is 8.16. The largest absolute Gasteiger partial charge is 0.497 e. The molecule has 3 aromatic carbocycles. The van der Waals surface area contributed by atoms with Crippen molar-refractivity contribution in [2.24, 2.45) is 4.99 Å². The highest BCUT2D eigenvalue weighted by Gasteiger charge is 2.24. The van der Waals surface area contributed by atoms with Crippen molar-refractivity contribution in [1.29, 1.82) is 0 Å². The summed E-state index contributed by atoms with van der Waals surface area (Å²) in [6.07, 6.45) is 1.47. The molecule has 0 fully saturated rings. The third-order valence-corrected chi connectivity index (χ3v) is 9.65. The number of urea groups is 1. The zero-order valence-corrected chi connectivity index (χ0v) is 21.6. The van der Waals surface area contributed by atoms with E-state index in [0.29, 0.717) is 13.0 Å². The van der Waals surface area contributed by atoms with Gasteiger partial charge in [0.05, 0.1) is 22.7 Å². The van der Waals surface area contributed by atoms with Crippen molar-refractivity contribution in [3.8, 4) is 5.75 Å². The molecule has 9 heteroatoms. The first-order chi connectivity index (χ1) is 16.8. The van der Waals surface area contributed by atoms with Crippen molar-refractivity contribution < 1.29 is 17.9 Å². The Hall–Kier alpha value is -3.30. The van der Waals surface area contributed by atoms with Gasteiger partial charge in [-0.05, 0) is 66.6 Å². The number of hydrogen-bond donors (Lipinski definition) is 3. The first kappa shape index (κ1) is 24.8. The summed E-state index contributed by atoms with van der Waals surface area (Å²) in [4.78, 5) is 19.5. The van der Waals surface area contributed by atoms with E-state index in [-0.39, 0.29) is 4.90 Å². The number of benzene rings is 3. The van der Waals surface area contributed by atoms with E-state index in [9.17, 15) is 13.2 Å². The summed E-state index contributed by atoms with van der Waals surface area (Å²) in [7, 11) is -2.91. The predicted molar refractivity (Wildman–Crippen MR) is 141 cm³/mol. The van der Waals surface area contributed by atoms with Crippen LogP contribution in [-0.2, 0) is 16.4 Å². The van der Waals surface area contributed by atoms with E-state index >= 15 is 0 Å². The Morgan fingerprint density at radius 2 is 1.74 bits per heavy atom. The molecule has 2 N–H and O–H groups in total. The van der Waals surface area contributed by atoms with Gasteiger partial charge in [-0.1, -0.05) is 36.8 Å². The molecule has 0 spiro atoms. The molecular formula is C26H29N3O4S2. The maximum Gasteiger partial charge on any atom is 0.328 e. The molecule has 1 atom stereocenters. The zero-order valence-electron chi connectivity index (χ0n) is 19.9. The van der Waals surface area contributed by atoms with Gasteiger partial charge in [0, 0.05) is 17.5 Å². The summed E-state index contributed by atoms with van der Waals surface area (Å²) in [5.74, 6) is 0.804. The summed E-state index contributed by atoms with van der Waals surface area (Å²) >= 11 is 0. The number of amides is 2. The lowest BCUT2D eigenvalue weighted by atomic mass is 10.1. The van der Waals surface area contributed by atoms with Crippen molar-refractivity contribution in [2.75, 3.05) is 13.7 Å². The van der Waals surface area contributed by atoms with Crippen LogP contribution in [0.25, 0.3) is 0 Å². The standard InChI is InChI=1S/C26H29N3O4S2/c1-4-25-28-23-17-20(33-3)9-14-24(23)34(25)21-10-7-19(8-11-21)15-16-27-26(30)29-35(31,32)22-12-5-18(2)6-13-22/h5-14,17,34H,4,15-16H2,1-3H3,(H2,27,29,30). The molecule has 35 heavy (non-hydrogen) atoms. The Morgan fingerprint density at radius 3 is 2.40 bits per heavy atom. The highest BCUT2D eigenvalue weighted by atomic mass is 32.2. The van der Waals surface area contributed by atoms with Gasteiger partial charge in [-0.2, -0.15) is 10.9 Å². The van der Waals surface area contributed by atoms with E-state index in [4.69, 9.17) is 9.73 Å². The van der Waals surface area contributed by atoms with Crippen molar-refractivity contribution in [2.45, 2.75) is 41.4 Å². The van der Waals surface area contributed by atoms with Crippen LogP contribution in [0.2, 0.25) is 0 Å². The van der Waals surface area contributed by atoms with E-state index in [0.717, 1.165) is 29.0 Å². The molecule has 0 saturated heterocycles. The zero-order chi connectivity index (χ0) is 25.0. The number of rotatable bonds is 8. The lowest BCUT2D eigenvalue weighted by Crippen LogP contribution is -2.40. The average Bonchev–Trinajstić information content (AvgIpc) is 3.22. The molecule has 0 aliphatic carbocycles. The number of thiol groups is 1. The molecule has 1 unspecified atom stereocenters. The van der Waals surface area contributed by atoms with Crippen LogP contribution in [0, 0.1) is 6.92 Å². The van der Waals surface area contributed by atoms with Gasteiger partial charge in [-0.3, -0.25) is 0 Å². The van der Waals surface area contributed by atoms with Crippen molar-refractivity contribution in [3.05, 3.63) is 77.9 Å². The van der Waals surface area contributed by atoms with Crippen LogP contribution in [0.4, 0.5) is 10.5 Å². The minimum absolute atomic E-state index is 0.0534. The number of nitrogens with zero attached hydrogens (tertiary/aromatic N) is 1. The van der Waals surface area contributed by atoms with Crippen molar-refractivity contribution >= 4 is 37.7 Å². The molecule has 0 bridgehead atoms. The van der Waals surface area contributed by atoms with Crippen LogP contribution in [0.5, 0.6) is 5.75 Å². The number of methoxy groups -OCH3 is 1. The first-order valence-corrected chi connectivity index (χ1v) is 14.1. The smallest absolute Gasteiger partial charge is 0.328 e. The average molecular weight is 512 g/mol. The summed E-state index contributed by atoms with van der Waals surface area (Å²) in [5, 5.41) is 3.81. The van der Waals surface area contributed by atoms with Crippen LogP contribution >= 0.6 is 10.9 Å². The number of carbonyl (C=O) groups excluding carboxylic acids is 1. The third-order valence-electron chi connectivity index (χ3n) is 5.70. The third kappa shape index (κ3) is 5.68. The summed E-state index contributed by atoms with van der Waals surface area (Å²) < 4.78 is 32.1. The normalized spacial score (nSPS) is 15.7. The number of carbonyl (C=O) groups is 1. The monoisotopic (exact) mass is 511 g/mol. The van der Waals surface area contributed by atoms with Crippen LogP contribution in [0.3, 0.4) is 0 Å². The molecule has 7 nitrogen and oxygen atoms in total. The molecule has 0 aromatic heterocycles. The van der Waals surface area contributed by atoms with Gasteiger partial charge >= 0.3 is 6.03 Å². The molecule has 184 valence electrons. The highest BCUT2D eigenvalue weighted by Crippen LogP contribution is 2.56. The Kier molecular flexibility index (Phi) is 7.47. The fourth-order valence-corrected chi connectivity index (χ4v) is 7.15. The van der Waals surface area contributed by atoms with Crippen molar-refractivity contribution in [3.63, 3.8) is 0 Å². The van der Waals surface area contributed by atoms with E-state index < -0.39 is 26.9 Å². The molecular weight excluding hydrogens is 482 g/mol. The topological polar surface area (TPSA) is 96.9 Å². The molecule has 0 saturated carbocycles. The van der Waals surface area contributed by atoms with Crippen molar-refractivity contribution in [1.82, 2.24) is 10.0 Å². The Bertz CT molecular complexity index is 1350. The number of hydrogen-bond acceptors (Lipinski definition) is 5. The van der Waals surface area contributed by atoms with Crippen LogP contribution in [0.1, 0.15) is 24.5 Å². The van der Waals surface area contributed by atoms with Gasteiger partial charge in [0.25, 0.3) is 10.0 Å². The number of nitrogens with one attached hydrogen (secondary N) is 2. The van der Waals surface area contributed by atoms with E-state index in [1.165, 1.54) is 27.0 Å². The fraction of sp³-hybridized carbons (Fsp3) is 0.231. The first-order valence-electron chi connectivity index (χ1n) is 11.3. The van der Waals surface area contributed by atoms with E-state index in [1.807, 2.05) is 19.1 Å². The Morgan fingerprint density at radius 1 is 1.03 bits per heavy atom. The summed E-state index contributed by atoms with van der Waals surface area (Å²) in [6.45, 7) is 4.31. The Balaban J connectivity index is 1.35. The molecule has 4 rings (SSSR count). The number of sulfonamides is 1. The van der Waals surface area contributed by atoms with Crippen LogP contribution < -0.4 is 14.8 Å². The number of aliphatic imine (C=N–C) groups is 1. The molecule has 1 aliphatic rings. The number of ether oxygens (including phenoxy) is 1. The minimum atomic E-state index is -3.90. The maximum absolute atomic E-state index is 12.3. The maximum atomic E-state index is 12.3. The quantitative estimate of drug-likeness (QED) is 0.366. The molecule has 0 radical (unpaired) electrons. The van der Waals surface area contributed by atoms with Crippen LogP contribution in [0.15, 0.2) is 86.4 Å². The highest BCUT2D eigenvalue weighted by molar-refractivity contribution is 8.30. The van der Waals surface area contributed by atoms with Gasteiger partial charge in [-0.25, -0.2) is 22.9 Å². The van der Waals surface area contributed by atoms with E-state index in [1.54, 1.807) is 19.2 Å². The SMILES string of the molecule is CCC1=Nc2cc(OC)ccc2[SH]1c1ccc(CCNC(=O)NS(=O)(=O)c2ccc(C)cc2)cc1. The van der Waals surface area contributed by atoms with Gasteiger partial charge < -0.3 is 10.1 Å². The predicted octanol–water partition coefficient (Wildman–Crippen LogP) is 5.11.